The topological polar surface area (TPSA) is 754 Å². The van der Waals surface area contributed by atoms with E-state index in [-0.39, 0.29) is 39.9 Å². The van der Waals surface area contributed by atoms with Gasteiger partial charge in [0.05, 0.1) is 30.7 Å². The molecule has 0 fully saturated rings. The summed E-state index contributed by atoms with van der Waals surface area (Å²) in [5.41, 5.74) is 4.92. The Labute approximate surface area is 849 Å². The van der Waals surface area contributed by atoms with Crippen molar-refractivity contribution < 1.29 is 27.5 Å². The summed E-state index contributed by atoms with van der Waals surface area (Å²) in [6.07, 6.45) is 6.72. The molecule has 0 bridgehead atoms. The number of nitrogens with one attached hydrogen (secondary N) is 25. The van der Waals surface area contributed by atoms with Gasteiger partial charge in [0.2, 0.25) is 41.3 Å². The van der Waals surface area contributed by atoms with Gasteiger partial charge in [-0.1, -0.05) is 12.2 Å². The highest BCUT2D eigenvalue weighted by molar-refractivity contribution is 7.71. The number of anilines is 13. The summed E-state index contributed by atoms with van der Waals surface area (Å²) in [5, 5.41) is 103. The number of carbonyl (C=O) groups excluding carboxylic acids is 2. The van der Waals surface area contributed by atoms with E-state index in [1.54, 1.807) is 36.6 Å². The number of nitrogens with two attached hydrogens (primary N) is 1. The van der Waals surface area contributed by atoms with Gasteiger partial charge in [0.25, 0.3) is 17.1 Å². The van der Waals surface area contributed by atoms with Gasteiger partial charge in [0.1, 0.15) is 28.7 Å². The molecule has 0 saturated heterocycles. The van der Waals surface area contributed by atoms with Crippen LogP contribution in [0.15, 0.2) is 80.7 Å². The van der Waals surface area contributed by atoms with Gasteiger partial charge < -0.3 is 142 Å². The highest BCUT2D eigenvalue weighted by atomic mass is 32.1. The van der Waals surface area contributed by atoms with Crippen molar-refractivity contribution in [2.24, 2.45) is 0 Å². The molecule has 62 nitrogen and oxygen atoms in total. The van der Waals surface area contributed by atoms with Crippen molar-refractivity contribution in [2.75, 3.05) is 391 Å². The van der Waals surface area contributed by atoms with Gasteiger partial charge in [-0.05, 0) is 103 Å². The Balaban J connectivity index is 0.00000155. The normalized spacial score (nSPS) is 9.99. The summed E-state index contributed by atoms with van der Waals surface area (Å²) in [4.78, 5) is 106. The van der Waals surface area contributed by atoms with E-state index in [1.807, 2.05) is 223 Å². The lowest BCUT2D eigenvalue weighted by Gasteiger charge is -2.15. The molecule has 0 atom stereocenters. The average Bonchev–Trinajstić information content (AvgIpc) is 1.74. The summed E-state index contributed by atoms with van der Waals surface area (Å²) in [7, 11) is 45.7. The second-order valence-electron chi connectivity index (χ2n) is 30.2. The van der Waals surface area contributed by atoms with Crippen molar-refractivity contribution in [1.29, 1.82) is 0 Å². The first-order valence-corrected chi connectivity index (χ1v) is 47.0. The van der Waals surface area contributed by atoms with Crippen LogP contribution in [0.4, 0.5) is 79.7 Å². The molecule has 66 heteroatoms. The van der Waals surface area contributed by atoms with Gasteiger partial charge in [-0.2, -0.15) is 69.4 Å². The van der Waals surface area contributed by atoms with E-state index >= 15 is 0 Å². The predicted molar refractivity (Wildman–Crippen MR) is 568 cm³/mol. The van der Waals surface area contributed by atoms with E-state index in [0.717, 1.165) is 202 Å². The summed E-state index contributed by atoms with van der Waals surface area (Å²) in [6, 6.07) is 4.46. The van der Waals surface area contributed by atoms with Gasteiger partial charge in [0, 0.05) is 259 Å². The summed E-state index contributed by atoms with van der Waals surface area (Å²) in [6.45, 7) is 22.8. The molecule has 12 heterocycles. The monoisotopic (exact) mass is 2100 g/mol. The van der Waals surface area contributed by atoms with E-state index < -0.39 is 5.95 Å². The van der Waals surface area contributed by atoms with E-state index in [2.05, 4.69) is 209 Å². The molecule has 814 valence electrons. The van der Waals surface area contributed by atoms with E-state index in [9.17, 15) is 28.4 Å². The summed E-state index contributed by atoms with van der Waals surface area (Å²) >= 11 is 7.45. The molecule has 0 radical (unpaired) electrons. The largest absolute Gasteiger partial charge is 0.380 e. The van der Waals surface area contributed by atoms with Crippen LogP contribution < -0.4 is 156 Å². The third kappa shape index (κ3) is 58.6. The molecule has 12 aromatic heterocycles. The Hall–Kier alpha value is -13.7. The van der Waals surface area contributed by atoms with Crippen molar-refractivity contribution in [1.82, 2.24) is 200 Å². The van der Waals surface area contributed by atoms with Crippen LogP contribution in [0.25, 0.3) is 0 Å². The second kappa shape index (κ2) is 81.8. The van der Waals surface area contributed by atoms with Crippen molar-refractivity contribution in [3.63, 3.8) is 0 Å². The maximum atomic E-state index is 12.8. The van der Waals surface area contributed by atoms with Crippen LogP contribution in [-0.4, -0.2) is 468 Å². The van der Waals surface area contributed by atoms with Crippen LogP contribution in [-0.2, 0) is 9.59 Å². The minimum atomic E-state index is -0.561. The van der Waals surface area contributed by atoms with Crippen molar-refractivity contribution in [3.8, 4) is 0 Å². The number of aromatic amines is 13. The lowest BCUT2D eigenvalue weighted by atomic mass is 10.4. The molecular weight excluding hydrogens is 1940 g/mol. The first-order valence-electron chi connectivity index (χ1n) is 45.0. The van der Waals surface area contributed by atoms with Gasteiger partial charge in [0.15, 0.2) is 22.1 Å². The number of aryl methyl sites for hydroxylation is 1. The first-order chi connectivity index (χ1) is 69.1. The fraction of sp³-hybridized carbons (Fsp3) is 0.628. The number of nitrogen functional groups attached to an aromatic ring is 1. The van der Waals surface area contributed by atoms with Crippen LogP contribution >= 0.6 is 35.5 Å². The number of likely N-dealkylation sites (N-methyl/N-ethyl adjacent to an activating group) is 24. The second-order valence-corrected chi connectivity index (χ2v) is 32.0. The average molecular weight is 2100 g/mol. The standard InChI is InChI=1S/C7H15N5.3C7H13N3O2.C7H13N3OS.C6H12FN5.C6H14N6.C6H13N5S.3C6H13N5.C6H12N4OS.CO2/c1-6-9-7(11-10-6)12(3)5-4-8-2;1-8-3-4-10(2)6-5-9-12-7(6)11;1-8-3-4-10(2)7-5-6(11)9-12-7;1-8-3-4-10(2)6-5-7(11)12-9-6;1-8-3-4-10(2)7-5-6(11)9-12-7;1-8-3-4-12(2)6-5(7)9-11-10-6;1-8-3-4-12(2)6-9-5(7)10-11-6;1-7-3-4-11(2)5-6(12)9-10-8-5;1-7-3-4-11(2)6-8-5-9-10-6;2*1-7-3-4-11(2)6-5-8-10-9-6;1-7-3-4-10(2)5-6(11)9-12-8-5;2-1-3/h8H,4-5H2,1-3H3,(H,9,10,11);5,8-9H,3-4H2,1-2H3;5,8H,3-4H2,1-2H3,(H,9,11);5,8-9H,3-4H2,1-2H3;5,8H,3-4H2,1-2H3,(H,9,11);8H,3-4H2,1-2H3,(H,9,10,11);8H,3-4H2,1-2H3,(H3,7,9,10,11);7H,3-4H2,1-2H3,(H2,8,9,10,12);3*5,7H,3-4H2,1-2H3,(H,8,9,10);7H,3-4H2,1-2H3,(H,9,11);. The minimum Gasteiger partial charge on any atom is -0.368 e. The summed E-state index contributed by atoms with van der Waals surface area (Å²) < 4.78 is 36.5. The molecule has 0 aliphatic carbocycles. The lowest BCUT2D eigenvalue weighted by molar-refractivity contribution is -0.191. The van der Waals surface area contributed by atoms with Gasteiger partial charge >= 0.3 is 23.0 Å². The van der Waals surface area contributed by atoms with Gasteiger partial charge in [-0.15, -0.1) is 35.7 Å². The third-order valence-corrected chi connectivity index (χ3v) is 20.5. The zero-order valence-corrected chi connectivity index (χ0v) is 89.9. The molecule has 0 spiro atoms. The highest BCUT2D eigenvalue weighted by Gasteiger charge is 2.15. The number of nitrogens with zero attached hydrogens (tertiary/aromatic N) is 26. The minimum absolute atomic E-state index is 0.0219. The zero-order chi connectivity index (χ0) is 108. The molecule has 0 aliphatic heterocycles. The molecule has 0 amide bonds. The van der Waals surface area contributed by atoms with E-state index in [0.29, 0.717) is 46.3 Å². The van der Waals surface area contributed by atoms with Crippen molar-refractivity contribution in [2.45, 2.75) is 6.92 Å². The Morgan fingerprint density at radius 3 is 1.24 bits per heavy atom. The molecule has 12 rings (SSSR count). The molecule has 0 aromatic carbocycles. The molecule has 12 aromatic rings. The number of halogens is 1. The van der Waals surface area contributed by atoms with Crippen LogP contribution in [0.2, 0.25) is 0 Å². The number of rotatable bonds is 48. The number of H-pyrrole nitrogens is 13. The lowest BCUT2D eigenvalue weighted by Crippen LogP contribution is -2.30. The fourth-order valence-electron chi connectivity index (χ4n) is 10.0. The molecule has 27 N–H and O–H groups in total. The highest BCUT2D eigenvalue weighted by Crippen LogP contribution is 2.15. The van der Waals surface area contributed by atoms with Gasteiger partial charge in [-0.25, -0.2) is 35.3 Å². The van der Waals surface area contributed by atoms with Crippen LogP contribution in [0, 0.1) is 17.5 Å². The predicted octanol–water partition coefficient (Wildman–Crippen LogP) is -5.22. The molecular formula is C78H157FN52O10S3. The molecule has 144 heavy (non-hydrogen) atoms. The number of hydrogen-bond donors (Lipinski definition) is 26. The molecule has 0 aliphatic rings. The number of hydrogen-bond acceptors (Lipinski definition) is 52. The number of aromatic nitrogens is 27. The molecule has 0 saturated carbocycles. The third-order valence-electron chi connectivity index (χ3n) is 18.7. The fourth-order valence-corrected chi connectivity index (χ4v) is 11.5. The first kappa shape index (κ1) is 130. The summed E-state index contributed by atoms with van der Waals surface area (Å²) in [5.74, 6) is 7.38. The quantitative estimate of drug-likeness (QED) is 0.0159. The van der Waals surface area contributed by atoms with Crippen LogP contribution in [0.3, 0.4) is 0 Å². The molecule has 0 unspecified atom stereocenters. The van der Waals surface area contributed by atoms with E-state index in [4.69, 9.17) is 32.1 Å². The Kier molecular flexibility index (Phi) is 74.0. The van der Waals surface area contributed by atoms with E-state index in [1.165, 1.54) is 30.0 Å². The Bertz CT molecular complexity index is 4890. The SMILES string of the molecule is CNCCN(C)c1c[nH]oc1=O.CNCCN(C)c1cc(=O)[nH]o1.CNCCN(C)c1cc(=O)[nH]s1.CNCCN(C)c1cc(=O)o[nH]1.CNCCN(C)c1cn[nH]n1.CNCCN(C)c1cn[nH]n1.CNCCN(C)c1n[nH][nH]c1=S.CNCCN(C)c1n[nH]c(C)n1.CNCCN(C)c1n[nH]c(N)n1.CNCCN(C)c1n[nH]nc1F.CNCCN(C)c1ncn[nH]1.CNCCN(C)c1ns[nH]c1=O.O=C=O. The maximum absolute atomic E-state index is 12.8. The van der Waals surface area contributed by atoms with Crippen LogP contribution in [0.1, 0.15) is 5.82 Å². The Morgan fingerprint density at radius 1 is 0.438 bits per heavy atom. The van der Waals surface area contributed by atoms with Crippen molar-refractivity contribution in [3.05, 3.63) is 111 Å². The smallest absolute Gasteiger partial charge is 0.368 e. The van der Waals surface area contributed by atoms with Crippen molar-refractivity contribution >= 4 is 117 Å². The van der Waals surface area contributed by atoms with Crippen LogP contribution in [0.5, 0.6) is 0 Å². The van der Waals surface area contributed by atoms with Gasteiger partial charge in [-0.3, -0.25) is 33.3 Å². The Morgan fingerprint density at radius 2 is 0.882 bits per heavy atom. The zero-order valence-electron chi connectivity index (χ0n) is 87.4. The maximum Gasteiger partial charge on any atom is 0.380 e.